The van der Waals surface area contributed by atoms with Gasteiger partial charge in [-0.15, -0.1) is 0 Å². The molecule has 5 heteroatoms. The number of aryl methyl sites for hydroxylation is 1. The first-order valence-corrected chi connectivity index (χ1v) is 6.54. The Morgan fingerprint density at radius 3 is 2.70 bits per heavy atom. The molecule has 0 fully saturated rings. The Morgan fingerprint density at radius 1 is 1.25 bits per heavy atom. The van der Waals surface area contributed by atoms with Crippen LogP contribution in [0.3, 0.4) is 0 Å². The van der Waals surface area contributed by atoms with Crippen LogP contribution in [0.15, 0.2) is 36.5 Å². The quantitative estimate of drug-likeness (QED) is 0.679. The van der Waals surface area contributed by atoms with Crippen LogP contribution in [0.1, 0.15) is 22.4 Å². The van der Waals surface area contributed by atoms with Crippen molar-refractivity contribution >= 4 is 17.2 Å². The van der Waals surface area contributed by atoms with Crippen molar-refractivity contribution in [2.75, 3.05) is 0 Å². The average molecular weight is 283 g/mol. The molecule has 0 radical (unpaired) electrons. The summed E-state index contributed by atoms with van der Waals surface area (Å²) in [5.41, 5.74) is 4.33. The molecule has 0 atom stereocenters. The molecular weight excluding hydrogens is 272 g/mol. The van der Waals surface area contributed by atoms with E-state index in [1.807, 2.05) is 25.1 Å². The number of hydrogen-bond acceptors (Lipinski definition) is 3. The summed E-state index contributed by atoms with van der Waals surface area (Å²) in [6.07, 6.45) is 2.35. The molecule has 0 spiro atoms. The number of benzene rings is 1. The van der Waals surface area contributed by atoms with Crippen molar-refractivity contribution in [3.63, 3.8) is 0 Å². The zero-order chi connectivity index (χ0) is 14.1. The van der Waals surface area contributed by atoms with Crippen LogP contribution in [0, 0.1) is 18.3 Å². The van der Waals surface area contributed by atoms with Crippen LogP contribution in [0.2, 0.25) is 5.15 Å². The summed E-state index contributed by atoms with van der Waals surface area (Å²) in [7, 11) is 0. The van der Waals surface area contributed by atoms with Crippen LogP contribution in [0.4, 0.5) is 0 Å². The molecule has 0 N–H and O–H groups in total. The molecule has 0 saturated heterocycles. The highest BCUT2D eigenvalue weighted by Gasteiger charge is 2.12. The van der Waals surface area contributed by atoms with Gasteiger partial charge in [-0.2, -0.15) is 10.4 Å². The van der Waals surface area contributed by atoms with Gasteiger partial charge in [-0.3, -0.25) is 0 Å². The van der Waals surface area contributed by atoms with Crippen LogP contribution in [-0.2, 0) is 6.42 Å². The number of rotatable bonds is 2. The second kappa shape index (κ2) is 4.95. The van der Waals surface area contributed by atoms with E-state index in [0.29, 0.717) is 17.1 Å². The molecule has 0 saturated carbocycles. The van der Waals surface area contributed by atoms with Crippen molar-refractivity contribution in [1.29, 1.82) is 5.26 Å². The predicted octanol–water partition coefficient (Wildman–Crippen LogP) is 3.15. The highest BCUT2D eigenvalue weighted by atomic mass is 35.5. The van der Waals surface area contributed by atoms with Crippen molar-refractivity contribution in [2.45, 2.75) is 13.3 Å². The van der Waals surface area contributed by atoms with Gasteiger partial charge in [0.15, 0.2) is 5.65 Å². The monoisotopic (exact) mass is 282 g/mol. The maximum atomic E-state index is 8.81. The van der Waals surface area contributed by atoms with Crippen molar-refractivity contribution in [3.05, 3.63) is 64.1 Å². The van der Waals surface area contributed by atoms with Crippen molar-refractivity contribution in [3.8, 4) is 6.07 Å². The zero-order valence-corrected chi connectivity index (χ0v) is 11.6. The molecule has 0 aliphatic rings. The Hall–Kier alpha value is -2.38. The Kier molecular flexibility index (Phi) is 3.13. The molecule has 0 unspecified atom stereocenters. The molecule has 2 heterocycles. The molecule has 0 aliphatic heterocycles. The predicted molar refractivity (Wildman–Crippen MR) is 76.7 cm³/mol. The summed E-state index contributed by atoms with van der Waals surface area (Å²) >= 11 is 6.40. The summed E-state index contributed by atoms with van der Waals surface area (Å²) in [5, 5.41) is 13.6. The van der Waals surface area contributed by atoms with Crippen LogP contribution in [-0.4, -0.2) is 14.6 Å². The molecule has 0 aliphatic carbocycles. The lowest BCUT2D eigenvalue weighted by molar-refractivity contribution is 0.902. The second-order valence-corrected chi connectivity index (χ2v) is 4.91. The number of hydrogen-bond donors (Lipinski definition) is 0. The summed E-state index contributed by atoms with van der Waals surface area (Å²) in [5.74, 6) is 0. The van der Waals surface area contributed by atoms with Crippen molar-refractivity contribution in [2.24, 2.45) is 0 Å². The van der Waals surface area contributed by atoms with Gasteiger partial charge >= 0.3 is 0 Å². The fourth-order valence-corrected chi connectivity index (χ4v) is 2.48. The highest BCUT2D eigenvalue weighted by Crippen LogP contribution is 2.23. The van der Waals surface area contributed by atoms with E-state index in [2.05, 4.69) is 16.2 Å². The standard InChI is InChI=1S/C15H11ClN4/c1-10-13(8-11-2-4-12(9-17)5-3-11)15(16)20-14(19-10)6-7-18-20/h2-7H,8H2,1H3. The molecule has 1 aromatic carbocycles. The minimum atomic E-state index is 0.585. The van der Waals surface area contributed by atoms with Crippen LogP contribution < -0.4 is 0 Å². The number of halogens is 1. The molecule has 0 bridgehead atoms. The lowest BCUT2D eigenvalue weighted by Crippen LogP contribution is -2.03. The van der Waals surface area contributed by atoms with Gasteiger partial charge < -0.3 is 0 Å². The number of nitrogens with zero attached hydrogens (tertiary/aromatic N) is 4. The molecule has 3 rings (SSSR count). The summed E-state index contributed by atoms with van der Waals surface area (Å²) in [6, 6.07) is 11.4. The Bertz CT molecular complexity index is 812. The van der Waals surface area contributed by atoms with E-state index < -0.39 is 0 Å². The summed E-state index contributed by atoms with van der Waals surface area (Å²) in [4.78, 5) is 4.49. The van der Waals surface area contributed by atoms with Gasteiger partial charge in [0.05, 0.1) is 17.8 Å². The third-order valence-electron chi connectivity index (χ3n) is 3.24. The fourth-order valence-electron chi connectivity index (χ4n) is 2.15. The minimum Gasteiger partial charge on any atom is -0.233 e. The molecule has 0 amide bonds. The van der Waals surface area contributed by atoms with Crippen molar-refractivity contribution in [1.82, 2.24) is 14.6 Å². The Balaban J connectivity index is 2.03. The van der Waals surface area contributed by atoms with Gasteiger partial charge in [-0.05, 0) is 24.6 Å². The fraction of sp³-hybridized carbons (Fsp3) is 0.133. The summed E-state index contributed by atoms with van der Waals surface area (Å²) in [6.45, 7) is 1.94. The lowest BCUT2D eigenvalue weighted by Gasteiger charge is -2.09. The van der Waals surface area contributed by atoms with Gasteiger partial charge in [-0.1, -0.05) is 23.7 Å². The maximum absolute atomic E-state index is 8.81. The van der Waals surface area contributed by atoms with Gasteiger partial charge in [-0.25, -0.2) is 9.50 Å². The van der Waals surface area contributed by atoms with E-state index in [0.717, 1.165) is 22.5 Å². The first-order valence-electron chi connectivity index (χ1n) is 6.17. The van der Waals surface area contributed by atoms with E-state index in [4.69, 9.17) is 16.9 Å². The smallest absolute Gasteiger partial charge is 0.156 e. The van der Waals surface area contributed by atoms with E-state index >= 15 is 0 Å². The van der Waals surface area contributed by atoms with Gasteiger partial charge in [0, 0.05) is 23.7 Å². The Morgan fingerprint density at radius 2 is 2.00 bits per heavy atom. The first-order chi connectivity index (χ1) is 9.69. The van der Waals surface area contributed by atoms with Crippen LogP contribution in [0.25, 0.3) is 5.65 Å². The first kappa shape index (κ1) is 12.6. The van der Waals surface area contributed by atoms with Gasteiger partial charge in [0.25, 0.3) is 0 Å². The SMILES string of the molecule is Cc1nc2ccnn2c(Cl)c1Cc1ccc(C#N)cc1. The van der Waals surface area contributed by atoms with Crippen molar-refractivity contribution < 1.29 is 0 Å². The number of fused-ring (bicyclic) bond motifs is 1. The molecule has 20 heavy (non-hydrogen) atoms. The number of nitriles is 1. The van der Waals surface area contributed by atoms with Crippen LogP contribution in [0.5, 0.6) is 0 Å². The molecule has 3 aromatic rings. The normalized spacial score (nSPS) is 10.7. The van der Waals surface area contributed by atoms with E-state index in [9.17, 15) is 0 Å². The van der Waals surface area contributed by atoms with Crippen LogP contribution >= 0.6 is 11.6 Å². The second-order valence-electron chi connectivity index (χ2n) is 4.55. The molecule has 98 valence electrons. The molecule has 2 aromatic heterocycles. The van der Waals surface area contributed by atoms with E-state index in [-0.39, 0.29) is 0 Å². The number of aromatic nitrogens is 3. The minimum absolute atomic E-state index is 0.585. The van der Waals surface area contributed by atoms with E-state index in [1.165, 1.54) is 0 Å². The third-order valence-corrected chi connectivity index (χ3v) is 3.63. The molecular formula is C15H11ClN4. The highest BCUT2D eigenvalue weighted by molar-refractivity contribution is 6.30. The van der Waals surface area contributed by atoms with Gasteiger partial charge in [0.1, 0.15) is 5.15 Å². The Labute approximate surface area is 121 Å². The third kappa shape index (κ3) is 2.13. The van der Waals surface area contributed by atoms with E-state index in [1.54, 1.807) is 22.8 Å². The van der Waals surface area contributed by atoms with Gasteiger partial charge in [0.2, 0.25) is 0 Å². The average Bonchev–Trinajstić information content (AvgIpc) is 2.92. The largest absolute Gasteiger partial charge is 0.233 e. The zero-order valence-electron chi connectivity index (χ0n) is 10.8. The lowest BCUT2D eigenvalue weighted by atomic mass is 10.0. The topological polar surface area (TPSA) is 54.0 Å². The summed E-state index contributed by atoms with van der Waals surface area (Å²) < 4.78 is 1.63. The maximum Gasteiger partial charge on any atom is 0.156 e. The molecule has 4 nitrogen and oxygen atoms in total.